The predicted molar refractivity (Wildman–Crippen MR) is 67.4 cm³/mol. The van der Waals surface area contributed by atoms with Gasteiger partial charge in [0.2, 0.25) is 0 Å². The maximum atomic E-state index is 5.94. The first-order chi connectivity index (χ1) is 7.72. The fourth-order valence-electron chi connectivity index (χ4n) is 2.47. The Bertz CT molecular complexity index is 379. The summed E-state index contributed by atoms with van der Waals surface area (Å²) in [4.78, 5) is 2.37. The van der Waals surface area contributed by atoms with Crippen molar-refractivity contribution in [1.29, 1.82) is 0 Å². The lowest BCUT2D eigenvalue weighted by atomic mass is 9.86. The number of rotatable bonds is 2. The molecule has 2 rings (SSSR count). The molecule has 3 heteroatoms. The van der Waals surface area contributed by atoms with Crippen molar-refractivity contribution in [3.8, 4) is 0 Å². The molecule has 0 saturated carbocycles. The average molecular weight is 218 g/mol. The zero-order valence-corrected chi connectivity index (χ0v) is 9.82. The van der Waals surface area contributed by atoms with Gasteiger partial charge in [0, 0.05) is 5.69 Å². The van der Waals surface area contributed by atoms with E-state index in [-0.39, 0.29) is 0 Å². The van der Waals surface area contributed by atoms with Gasteiger partial charge in [-0.15, -0.1) is 0 Å². The Morgan fingerprint density at radius 1 is 1.38 bits per heavy atom. The van der Waals surface area contributed by atoms with E-state index < -0.39 is 0 Å². The molecule has 0 radical (unpaired) electrons. The largest absolute Gasteiger partial charge is 0.398 e. The maximum Gasteiger partial charge on any atom is 0.169 e. The third kappa shape index (κ3) is 2.09. The molecule has 3 nitrogen and oxygen atoms in total. The van der Waals surface area contributed by atoms with E-state index in [1.54, 1.807) is 6.21 Å². The van der Waals surface area contributed by atoms with Crippen LogP contribution in [0.5, 0.6) is 0 Å². The third-order valence-corrected chi connectivity index (χ3v) is 3.50. The number of hydrogen-bond acceptors (Lipinski definition) is 2. The van der Waals surface area contributed by atoms with Crippen molar-refractivity contribution in [3.63, 3.8) is 0 Å². The Morgan fingerprint density at radius 2 is 2.06 bits per heavy atom. The summed E-state index contributed by atoms with van der Waals surface area (Å²) in [6, 6.07) is 6.10. The number of anilines is 1. The normalized spacial score (nSPS) is 18.6. The maximum absolute atomic E-state index is 5.94. The van der Waals surface area contributed by atoms with E-state index in [1.807, 2.05) is 12.1 Å². The Hall–Kier alpha value is -1.35. The molecule has 0 aromatic heterocycles. The third-order valence-electron chi connectivity index (χ3n) is 3.50. The summed E-state index contributed by atoms with van der Waals surface area (Å²) in [6.45, 7) is 2.31. The van der Waals surface area contributed by atoms with Gasteiger partial charge in [-0.2, -0.15) is 0 Å². The van der Waals surface area contributed by atoms with Crippen LogP contribution in [-0.4, -0.2) is 31.3 Å². The molecule has 16 heavy (non-hydrogen) atoms. The van der Waals surface area contributed by atoms with Crippen LogP contribution < -0.4 is 11.1 Å². The molecule has 0 amide bonds. The first-order valence-corrected chi connectivity index (χ1v) is 5.84. The number of nitrogens with two attached hydrogens (primary N) is 2. The molecule has 86 valence electrons. The van der Waals surface area contributed by atoms with Crippen LogP contribution in [0.2, 0.25) is 0 Å². The van der Waals surface area contributed by atoms with Gasteiger partial charge in [-0.25, -0.2) is 0 Å². The summed E-state index contributed by atoms with van der Waals surface area (Å²) in [7, 11) is 2.17. The average Bonchev–Trinajstić information content (AvgIpc) is 2.30. The quantitative estimate of drug-likeness (QED) is 0.552. The van der Waals surface area contributed by atoms with Crippen LogP contribution in [0, 0.1) is 0 Å². The fraction of sp³-hybridized carbons (Fsp3) is 0.462. The van der Waals surface area contributed by atoms with E-state index in [4.69, 9.17) is 11.1 Å². The molecule has 1 fully saturated rings. The number of nitrogens with zero attached hydrogens (tertiary/aromatic N) is 1. The second-order valence-corrected chi connectivity index (χ2v) is 4.59. The Morgan fingerprint density at radius 3 is 2.69 bits per heavy atom. The van der Waals surface area contributed by atoms with Crippen LogP contribution in [0.3, 0.4) is 0 Å². The van der Waals surface area contributed by atoms with Crippen molar-refractivity contribution in [2.45, 2.75) is 18.8 Å². The minimum atomic E-state index is 0.606. The second-order valence-electron chi connectivity index (χ2n) is 4.59. The molecule has 0 atom stereocenters. The van der Waals surface area contributed by atoms with E-state index in [0.717, 1.165) is 24.3 Å². The van der Waals surface area contributed by atoms with Crippen LogP contribution in [-0.2, 0) is 0 Å². The molecule has 4 N–H and O–H groups in total. The Kier molecular flexibility index (Phi) is 3.25. The highest BCUT2D eigenvalue weighted by Gasteiger charge is 2.21. The van der Waals surface area contributed by atoms with E-state index in [9.17, 15) is 0 Å². The van der Waals surface area contributed by atoms with Gasteiger partial charge in [-0.05, 0) is 50.5 Å². The van der Waals surface area contributed by atoms with Gasteiger partial charge in [-0.3, -0.25) is 5.41 Å². The first-order valence-electron chi connectivity index (χ1n) is 5.84. The highest BCUT2D eigenvalue weighted by Crippen LogP contribution is 2.31. The number of nitrogen functional groups attached to an aromatic ring is 1. The van der Waals surface area contributed by atoms with Crippen molar-refractivity contribution >= 4 is 11.9 Å². The van der Waals surface area contributed by atoms with Gasteiger partial charge in [0.1, 0.15) is 0 Å². The van der Waals surface area contributed by atoms with Crippen molar-refractivity contribution in [2.24, 2.45) is 0 Å². The molecule has 0 unspecified atom stereocenters. The molecule has 1 aliphatic heterocycles. The number of likely N-dealkylation sites (tertiary alicyclic amines) is 1. The second kappa shape index (κ2) is 4.66. The van der Waals surface area contributed by atoms with Crippen molar-refractivity contribution in [1.82, 2.24) is 4.90 Å². The molecule has 1 aromatic rings. The van der Waals surface area contributed by atoms with Crippen LogP contribution in [0.25, 0.3) is 0 Å². The molecule has 1 saturated heterocycles. The summed E-state index contributed by atoms with van der Waals surface area (Å²) in [5, 5.41) is 5.67. The van der Waals surface area contributed by atoms with Gasteiger partial charge in [0.25, 0.3) is 0 Å². The Labute approximate surface area is 96.8 Å². The molecule has 0 bridgehead atoms. The highest BCUT2D eigenvalue weighted by atomic mass is 15.1. The van der Waals surface area contributed by atoms with Gasteiger partial charge in [0.15, 0.2) is 6.21 Å². The lowest BCUT2D eigenvalue weighted by molar-refractivity contribution is -0.104. The van der Waals surface area contributed by atoms with Crippen molar-refractivity contribution in [3.05, 3.63) is 29.3 Å². The summed E-state index contributed by atoms with van der Waals surface area (Å²) in [5.74, 6) is 0.606. The number of hydrogen-bond donors (Lipinski definition) is 2. The summed E-state index contributed by atoms with van der Waals surface area (Å²) < 4.78 is 0. The van der Waals surface area contributed by atoms with E-state index >= 15 is 0 Å². The standard InChI is InChI=1S/C13H19N3/c1-16-7-5-10(6-8-16)11-3-2-4-13(15)12(11)9-14/h2-4,9-10,14H,5-8,15H2,1H3/p+1. The molecular formula is C13H20N3+. The van der Waals surface area contributed by atoms with E-state index in [2.05, 4.69) is 18.0 Å². The van der Waals surface area contributed by atoms with E-state index in [1.165, 1.54) is 18.4 Å². The summed E-state index contributed by atoms with van der Waals surface area (Å²) in [6.07, 6.45) is 4.03. The SMILES string of the molecule is CN1CCC(c2cccc(N)c2C=[NH2+])CC1. The molecule has 0 spiro atoms. The van der Waals surface area contributed by atoms with Crippen LogP contribution in [0.4, 0.5) is 5.69 Å². The van der Waals surface area contributed by atoms with Crippen LogP contribution in [0.15, 0.2) is 18.2 Å². The zero-order chi connectivity index (χ0) is 11.5. The van der Waals surface area contributed by atoms with Gasteiger partial charge >= 0.3 is 0 Å². The molecule has 1 aliphatic rings. The van der Waals surface area contributed by atoms with Crippen LogP contribution in [0.1, 0.15) is 29.9 Å². The van der Waals surface area contributed by atoms with Crippen molar-refractivity contribution < 1.29 is 5.41 Å². The molecule has 0 aliphatic carbocycles. The minimum Gasteiger partial charge on any atom is -0.398 e. The molecule has 1 aromatic carbocycles. The number of piperidine rings is 1. The zero-order valence-electron chi connectivity index (χ0n) is 9.82. The highest BCUT2D eigenvalue weighted by molar-refractivity contribution is 5.85. The first kappa shape index (κ1) is 11.1. The Balaban J connectivity index is 2.26. The van der Waals surface area contributed by atoms with Crippen LogP contribution >= 0.6 is 0 Å². The lowest BCUT2D eigenvalue weighted by Gasteiger charge is -2.29. The monoisotopic (exact) mass is 218 g/mol. The minimum absolute atomic E-state index is 0.606. The fourth-order valence-corrected chi connectivity index (χ4v) is 2.47. The van der Waals surface area contributed by atoms with E-state index in [0.29, 0.717) is 5.92 Å². The summed E-state index contributed by atoms with van der Waals surface area (Å²) in [5.41, 5.74) is 9.08. The number of benzene rings is 1. The van der Waals surface area contributed by atoms with Crippen molar-refractivity contribution in [2.75, 3.05) is 25.9 Å². The predicted octanol–water partition coefficient (Wildman–Crippen LogP) is 0.256. The summed E-state index contributed by atoms with van der Waals surface area (Å²) >= 11 is 0. The van der Waals surface area contributed by atoms with Gasteiger partial charge in [0.05, 0.1) is 5.56 Å². The molecule has 1 heterocycles. The van der Waals surface area contributed by atoms with Gasteiger partial charge < -0.3 is 10.6 Å². The molecular weight excluding hydrogens is 198 g/mol. The topological polar surface area (TPSA) is 54.8 Å². The van der Waals surface area contributed by atoms with Gasteiger partial charge in [-0.1, -0.05) is 12.1 Å². The smallest absolute Gasteiger partial charge is 0.169 e. The lowest BCUT2D eigenvalue weighted by Crippen LogP contribution is -2.33.